The Morgan fingerprint density at radius 3 is 2.56 bits per heavy atom. The second-order valence-electron chi connectivity index (χ2n) is 6.26. The number of rotatable bonds is 6. The molecule has 1 saturated heterocycles. The Bertz CT molecular complexity index is 212. The quantitative estimate of drug-likeness (QED) is 0.722. The molecule has 0 radical (unpaired) electrons. The van der Waals surface area contributed by atoms with Crippen molar-refractivity contribution in [3.8, 4) is 0 Å². The van der Waals surface area contributed by atoms with Crippen LogP contribution in [-0.4, -0.2) is 48.8 Å². The Kier molecular flexibility index (Phi) is 4.77. The number of nitrogens with one attached hydrogen (secondary N) is 1. The minimum atomic E-state index is -0.102. The summed E-state index contributed by atoms with van der Waals surface area (Å²) in [7, 11) is 1.93. The van der Waals surface area contributed by atoms with Crippen LogP contribution in [0.1, 0.15) is 40.0 Å². The standard InChI is InChI=1S/C13H28N2O/c1-12(2)7-9-15(10-12)8-5-6-13(3,11-16)14-4/h14,16H,5-11H2,1-4H3. The summed E-state index contributed by atoms with van der Waals surface area (Å²) in [6, 6.07) is 0. The highest BCUT2D eigenvalue weighted by molar-refractivity contribution is 4.84. The summed E-state index contributed by atoms with van der Waals surface area (Å²) in [6.07, 6.45) is 3.52. The molecular formula is C13H28N2O. The third kappa shape index (κ3) is 4.04. The van der Waals surface area contributed by atoms with E-state index in [4.69, 9.17) is 0 Å². The molecular weight excluding hydrogens is 200 g/mol. The van der Waals surface area contributed by atoms with E-state index in [0.717, 1.165) is 12.8 Å². The van der Waals surface area contributed by atoms with Gasteiger partial charge in [-0.1, -0.05) is 13.8 Å². The van der Waals surface area contributed by atoms with Gasteiger partial charge >= 0.3 is 0 Å². The second-order valence-corrected chi connectivity index (χ2v) is 6.26. The fourth-order valence-electron chi connectivity index (χ4n) is 2.39. The van der Waals surface area contributed by atoms with Gasteiger partial charge in [0.15, 0.2) is 0 Å². The molecule has 1 rings (SSSR count). The van der Waals surface area contributed by atoms with E-state index in [0.29, 0.717) is 5.41 Å². The lowest BCUT2D eigenvalue weighted by atomic mass is 9.93. The average molecular weight is 228 g/mol. The number of nitrogens with zero attached hydrogens (tertiary/aromatic N) is 1. The Balaban J connectivity index is 2.21. The molecule has 16 heavy (non-hydrogen) atoms. The van der Waals surface area contributed by atoms with E-state index in [2.05, 4.69) is 31.0 Å². The monoisotopic (exact) mass is 228 g/mol. The van der Waals surface area contributed by atoms with Crippen molar-refractivity contribution in [2.24, 2.45) is 5.41 Å². The van der Waals surface area contributed by atoms with E-state index in [-0.39, 0.29) is 12.1 Å². The molecule has 0 spiro atoms. The molecule has 1 fully saturated rings. The summed E-state index contributed by atoms with van der Waals surface area (Å²) >= 11 is 0. The van der Waals surface area contributed by atoms with E-state index in [1.807, 2.05) is 7.05 Å². The first kappa shape index (κ1) is 13.9. The van der Waals surface area contributed by atoms with Crippen LogP contribution >= 0.6 is 0 Å². The molecule has 0 amide bonds. The van der Waals surface area contributed by atoms with Crippen molar-refractivity contribution in [3.63, 3.8) is 0 Å². The second kappa shape index (κ2) is 5.48. The SMILES string of the molecule is CNC(C)(CO)CCCN1CCC(C)(C)C1. The Morgan fingerprint density at radius 2 is 2.12 bits per heavy atom. The molecule has 0 saturated carbocycles. The van der Waals surface area contributed by atoms with Crippen LogP contribution in [0.25, 0.3) is 0 Å². The topological polar surface area (TPSA) is 35.5 Å². The predicted octanol–water partition coefficient (Wildman–Crippen LogP) is 1.47. The summed E-state index contributed by atoms with van der Waals surface area (Å²) in [5.41, 5.74) is 0.401. The van der Waals surface area contributed by atoms with Crippen molar-refractivity contribution >= 4 is 0 Å². The van der Waals surface area contributed by atoms with Crippen LogP contribution in [0.3, 0.4) is 0 Å². The van der Waals surface area contributed by atoms with E-state index < -0.39 is 0 Å². The van der Waals surface area contributed by atoms with Crippen molar-refractivity contribution in [2.75, 3.05) is 33.3 Å². The van der Waals surface area contributed by atoms with Crippen molar-refractivity contribution in [3.05, 3.63) is 0 Å². The van der Waals surface area contributed by atoms with Crippen LogP contribution in [0.5, 0.6) is 0 Å². The average Bonchev–Trinajstić information content (AvgIpc) is 2.58. The first-order valence-electron chi connectivity index (χ1n) is 6.43. The number of hydrogen-bond acceptors (Lipinski definition) is 3. The van der Waals surface area contributed by atoms with Gasteiger partial charge < -0.3 is 15.3 Å². The molecule has 3 heteroatoms. The summed E-state index contributed by atoms with van der Waals surface area (Å²) in [4.78, 5) is 2.55. The van der Waals surface area contributed by atoms with Gasteiger partial charge in [0.2, 0.25) is 0 Å². The lowest BCUT2D eigenvalue weighted by Crippen LogP contribution is -2.43. The summed E-state index contributed by atoms with van der Waals surface area (Å²) < 4.78 is 0. The molecule has 1 aliphatic rings. The summed E-state index contributed by atoms with van der Waals surface area (Å²) in [5, 5.41) is 12.5. The van der Waals surface area contributed by atoms with Gasteiger partial charge in [-0.05, 0) is 51.7 Å². The number of likely N-dealkylation sites (N-methyl/N-ethyl adjacent to an activating group) is 1. The van der Waals surface area contributed by atoms with Gasteiger partial charge in [-0.15, -0.1) is 0 Å². The fraction of sp³-hybridized carbons (Fsp3) is 1.00. The zero-order valence-electron chi connectivity index (χ0n) is 11.3. The summed E-state index contributed by atoms with van der Waals surface area (Å²) in [5.74, 6) is 0. The molecule has 0 aromatic heterocycles. The minimum Gasteiger partial charge on any atom is -0.394 e. The van der Waals surface area contributed by atoms with Gasteiger partial charge in [-0.3, -0.25) is 0 Å². The maximum atomic E-state index is 9.28. The maximum absolute atomic E-state index is 9.28. The number of hydrogen-bond donors (Lipinski definition) is 2. The largest absolute Gasteiger partial charge is 0.394 e. The van der Waals surface area contributed by atoms with Crippen LogP contribution in [0.15, 0.2) is 0 Å². The van der Waals surface area contributed by atoms with E-state index in [1.165, 1.54) is 26.1 Å². The molecule has 0 aliphatic carbocycles. The van der Waals surface area contributed by atoms with Crippen molar-refractivity contribution < 1.29 is 5.11 Å². The van der Waals surface area contributed by atoms with Gasteiger partial charge in [-0.2, -0.15) is 0 Å². The molecule has 0 bridgehead atoms. The number of likely N-dealkylation sites (tertiary alicyclic amines) is 1. The third-order valence-corrected chi connectivity index (χ3v) is 3.91. The number of aliphatic hydroxyl groups is 1. The Morgan fingerprint density at radius 1 is 1.44 bits per heavy atom. The Labute approximate surface area is 100 Å². The lowest BCUT2D eigenvalue weighted by molar-refractivity contribution is 0.165. The van der Waals surface area contributed by atoms with Crippen molar-refractivity contribution in [1.29, 1.82) is 0 Å². The molecule has 0 aromatic rings. The van der Waals surface area contributed by atoms with Crippen LogP contribution in [0, 0.1) is 5.41 Å². The zero-order valence-corrected chi connectivity index (χ0v) is 11.3. The Hall–Kier alpha value is -0.120. The molecule has 96 valence electrons. The fourth-order valence-corrected chi connectivity index (χ4v) is 2.39. The van der Waals surface area contributed by atoms with Crippen LogP contribution < -0.4 is 5.32 Å². The minimum absolute atomic E-state index is 0.102. The maximum Gasteiger partial charge on any atom is 0.0610 e. The van der Waals surface area contributed by atoms with E-state index >= 15 is 0 Å². The first-order valence-corrected chi connectivity index (χ1v) is 6.43. The highest BCUT2D eigenvalue weighted by Crippen LogP contribution is 2.28. The van der Waals surface area contributed by atoms with Gasteiger partial charge in [0.1, 0.15) is 0 Å². The van der Waals surface area contributed by atoms with Gasteiger partial charge in [0.25, 0.3) is 0 Å². The molecule has 1 atom stereocenters. The predicted molar refractivity (Wildman–Crippen MR) is 68.6 cm³/mol. The van der Waals surface area contributed by atoms with Crippen molar-refractivity contribution in [1.82, 2.24) is 10.2 Å². The lowest BCUT2D eigenvalue weighted by Gasteiger charge is -2.28. The van der Waals surface area contributed by atoms with Gasteiger partial charge in [0.05, 0.1) is 6.61 Å². The molecule has 2 N–H and O–H groups in total. The molecule has 1 aliphatic heterocycles. The summed E-state index contributed by atoms with van der Waals surface area (Å²) in [6.45, 7) is 10.6. The molecule has 1 heterocycles. The first-order chi connectivity index (χ1) is 7.41. The van der Waals surface area contributed by atoms with E-state index in [9.17, 15) is 5.11 Å². The van der Waals surface area contributed by atoms with E-state index in [1.54, 1.807) is 0 Å². The normalized spacial score (nSPS) is 24.6. The van der Waals surface area contributed by atoms with Gasteiger partial charge in [-0.25, -0.2) is 0 Å². The van der Waals surface area contributed by atoms with Crippen LogP contribution in [0.4, 0.5) is 0 Å². The zero-order chi connectivity index (χ0) is 12.2. The number of aliphatic hydroxyl groups excluding tert-OH is 1. The molecule has 3 nitrogen and oxygen atoms in total. The van der Waals surface area contributed by atoms with Crippen molar-refractivity contribution in [2.45, 2.75) is 45.6 Å². The van der Waals surface area contributed by atoms with Crippen LogP contribution in [0.2, 0.25) is 0 Å². The highest BCUT2D eigenvalue weighted by atomic mass is 16.3. The smallest absolute Gasteiger partial charge is 0.0610 e. The third-order valence-electron chi connectivity index (χ3n) is 3.91. The highest BCUT2D eigenvalue weighted by Gasteiger charge is 2.29. The molecule has 0 aromatic carbocycles. The van der Waals surface area contributed by atoms with Gasteiger partial charge in [0, 0.05) is 12.1 Å². The van der Waals surface area contributed by atoms with Crippen LogP contribution in [-0.2, 0) is 0 Å². The molecule has 1 unspecified atom stereocenters.